The van der Waals surface area contributed by atoms with Crippen LogP contribution in [0.1, 0.15) is 35.2 Å². The molecule has 1 amide bonds. The third kappa shape index (κ3) is 5.89. The summed E-state index contributed by atoms with van der Waals surface area (Å²) in [6.45, 7) is 3.88. The van der Waals surface area contributed by atoms with Gasteiger partial charge in [-0.25, -0.2) is 4.39 Å². The zero-order valence-corrected chi connectivity index (χ0v) is 19.1. The molecule has 2 aliphatic heterocycles. The van der Waals surface area contributed by atoms with Crippen molar-refractivity contribution in [3.63, 3.8) is 0 Å². The first-order valence-corrected chi connectivity index (χ1v) is 10.3. The monoisotopic (exact) mass is 469 g/mol. The number of ether oxygens (including phenoxy) is 1. The van der Waals surface area contributed by atoms with E-state index in [0.717, 1.165) is 44.3 Å². The Bertz CT molecular complexity index is 874. The van der Waals surface area contributed by atoms with Crippen LogP contribution in [0.5, 0.6) is 11.5 Å². The van der Waals surface area contributed by atoms with Gasteiger partial charge in [0.15, 0.2) is 0 Å². The van der Waals surface area contributed by atoms with Gasteiger partial charge in [-0.3, -0.25) is 4.79 Å². The number of likely N-dealkylation sites (tertiary alicyclic amines) is 1. The van der Waals surface area contributed by atoms with E-state index in [0.29, 0.717) is 31.1 Å². The number of amides is 1. The molecular formula is C23H30Cl2FN3O2. The van der Waals surface area contributed by atoms with Crippen LogP contribution >= 0.6 is 24.8 Å². The normalized spacial score (nSPS) is 20.1. The Balaban J connectivity index is 0.00000171. The summed E-state index contributed by atoms with van der Waals surface area (Å²) in [6, 6.07) is 12.0. The van der Waals surface area contributed by atoms with Crippen molar-refractivity contribution < 1.29 is 13.9 Å². The zero-order chi connectivity index (χ0) is 20.3. The number of carbonyl (C=O) groups is 1. The first kappa shape index (κ1) is 25.4. The first-order valence-electron chi connectivity index (χ1n) is 10.3. The predicted molar refractivity (Wildman–Crippen MR) is 125 cm³/mol. The van der Waals surface area contributed by atoms with Gasteiger partial charge in [0.25, 0.3) is 5.91 Å². The molecule has 1 atom stereocenters. The molecule has 0 saturated carbocycles. The van der Waals surface area contributed by atoms with Crippen LogP contribution in [-0.4, -0.2) is 43.5 Å². The first-order chi connectivity index (χ1) is 14.1. The van der Waals surface area contributed by atoms with Crippen molar-refractivity contribution in [3.05, 3.63) is 59.4 Å². The van der Waals surface area contributed by atoms with Crippen molar-refractivity contribution >= 4 is 30.7 Å². The summed E-state index contributed by atoms with van der Waals surface area (Å²) in [5.74, 6) is 0.336. The maximum atomic E-state index is 14.5. The number of halogens is 3. The van der Waals surface area contributed by atoms with Gasteiger partial charge >= 0.3 is 0 Å². The van der Waals surface area contributed by atoms with E-state index in [1.165, 1.54) is 12.1 Å². The van der Waals surface area contributed by atoms with Crippen LogP contribution in [0.2, 0.25) is 0 Å². The molecule has 2 fully saturated rings. The van der Waals surface area contributed by atoms with Gasteiger partial charge in [-0.15, -0.1) is 24.8 Å². The van der Waals surface area contributed by atoms with E-state index in [-0.39, 0.29) is 41.7 Å². The van der Waals surface area contributed by atoms with Gasteiger partial charge in [-0.1, -0.05) is 12.1 Å². The Hall–Kier alpha value is -1.86. The topological polar surface area (TPSA) is 67.6 Å². The number of nitrogens with zero attached hydrogens (tertiary/aromatic N) is 1. The van der Waals surface area contributed by atoms with Gasteiger partial charge in [0.05, 0.1) is 5.56 Å². The average Bonchev–Trinajstić information content (AvgIpc) is 3.18. The quantitative estimate of drug-likeness (QED) is 0.688. The molecule has 1 unspecified atom stereocenters. The Morgan fingerprint density at radius 1 is 1.13 bits per heavy atom. The van der Waals surface area contributed by atoms with Gasteiger partial charge in [0.1, 0.15) is 17.3 Å². The standard InChI is InChI=1S/C23H28FN3O2.2ClH/c24-21-7-6-19(29-18-4-2-17(3-5-18)8-11-25)14-20(21)22(28)27-13-1-9-23(16-27)10-12-26-15-23;;/h2-7,14,26H,1,8-13,15-16,25H2;2*1H. The van der Waals surface area contributed by atoms with Crippen LogP contribution in [0.3, 0.4) is 0 Å². The second-order valence-corrected chi connectivity index (χ2v) is 8.18. The molecule has 3 N–H and O–H groups in total. The third-order valence-corrected chi connectivity index (χ3v) is 6.04. The van der Waals surface area contributed by atoms with Crippen LogP contribution in [0, 0.1) is 11.2 Å². The van der Waals surface area contributed by atoms with Crippen molar-refractivity contribution in [2.24, 2.45) is 11.1 Å². The minimum absolute atomic E-state index is 0. The van der Waals surface area contributed by atoms with Gasteiger partial charge in [0, 0.05) is 25.0 Å². The van der Waals surface area contributed by atoms with Crippen molar-refractivity contribution in [2.75, 3.05) is 32.7 Å². The molecule has 170 valence electrons. The van der Waals surface area contributed by atoms with Crippen molar-refractivity contribution in [1.29, 1.82) is 0 Å². The lowest BCUT2D eigenvalue weighted by molar-refractivity contribution is 0.0548. The van der Waals surface area contributed by atoms with Gasteiger partial charge in [0.2, 0.25) is 0 Å². The largest absolute Gasteiger partial charge is 0.457 e. The highest BCUT2D eigenvalue weighted by atomic mass is 35.5. The smallest absolute Gasteiger partial charge is 0.256 e. The van der Waals surface area contributed by atoms with Crippen molar-refractivity contribution in [3.8, 4) is 11.5 Å². The van der Waals surface area contributed by atoms with Gasteiger partial charge in [-0.05, 0) is 74.7 Å². The second-order valence-electron chi connectivity index (χ2n) is 8.18. The highest BCUT2D eigenvalue weighted by Crippen LogP contribution is 2.36. The maximum Gasteiger partial charge on any atom is 0.256 e. The Kier molecular flexibility index (Phi) is 9.13. The molecule has 0 radical (unpaired) electrons. The summed E-state index contributed by atoms with van der Waals surface area (Å²) in [5, 5.41) is 3.40. The zero-order valence-electron chi connectivity index (χ0n) is 17.4. The average molecular weight is 470 g/mol. The molecule has 0 bridgehead atoms. The summed E-state index contributed by atoms with van der Waals surface area (Å²) in [6.07, 6.45) is 3.96. The lowest BCUT2D eigenvalue weighted by Crippen LogP contribution is -2.47. The molecular weight excluding hydrogens is 440 g/mol. The molecule has 0 aliphatic carbocycles. The molecule has 2 aromatic carbocycles. The minimum Gasteiger partial charge on any atom is -0.457 e. The number of benzene rings is 2. The number of nitrogens with one attached hydrogen (secondary N) is 1. The molecule has 2 aliphatic rings. The van der Waals surface area contributed by atoms with E-state index in [1.807, 2.05) is 24.3 Å². The fourth-order valence-electron chi connectivity index (χ4n) is 4.45. The molecule has 2 saturated heterocycles. The van der Waals surface area contributed by atoms with Gasteiger partial charge in [-0.2, -0.15) is 0 Å². The Labute approximate surface area is 195 Å². The summed E-state index contributed by atoms with van der Waals surface area (Å²) in [7, 11) is 0. The number of hydrogen-bond donors (Lipinski definition) is 2. The van der Waals surface area contributed by atoms with E-state index in [9.17, 15) is 9.18 Å². The number of hydrogen-bond acceptors (Lipinski definition) is 4. The molecule has 2 aromatic rings. The molecule has 1 spiro atoms. The van der Waals surface area contributed by atoms with Crippen LogP contribution < -0.4 is 15.8 Å². The third-order valence-electron chi connectivity index (χ3n) is 6.04. The highest BCUT2D eigenvalue weighted by molar-refractivity contribution is 5.95. The summed E-state index contributed by atoms with van der Waals surface area (Å²) >= 11 is 0. The second kappa shape index (κ2) is 11.1. The van der Waals surface area contributed by atoms with Gasteiger partial charge < -0.3 is 20.7 Å². The fourth-order valence-corrected chi connectivity index (χ4v) is 4.45. The van der Waals surface area contributed by atoms with Crippen LogP contribution in [0.4, 0.5) is 4.39 Å². The number of nitrogens with two attached hydrogens (primary N) is 1. The molecule has 5 nitrogen and oxygen atoms in total. The summed E-state index contributed by atoms with van der Waals surface area (Å²) < 4.78 is 20.4. The van der Waals surface area contributed by atoms with E-state index in [4.69, 9.17) is 10.5 Å². The van der Waals surface area contributed by atoms with E-state index in [2.05, 4.69) is 5.32 Å². The van der Waals surface area contributed by atoms with Crippen LogP contribution in [-0.2, 0) is 6.42 Å². The summed E-state index contributed by atoms with van der Waals surface area (Å²) in [4.78, 5) is 14.9. The number of carbonyl (C=O) groups excluding carboxylic acids is 1. The Morgan fingerprint density at radius 3 is 2.55 bits per heavy atom. The lowest BCUT2D eigenvalue weighted by Gasteiger charge is -2.40. The predicted octanol–water partition coefficient (Wildman–Crippen LogP) is 4.18. The summed E-state index contributed by atoms with van der Waals surface area (Å²) in [5.41, 5.74) is 6.93. The van der Waals surface area contributed by atoms with E-state index >= 15 is 0 Å². The molecule has 31 heavy (non-hydrogen) atoms. The fraction of sp³-hybridized carbons (Fsp3) is 0.435. The van der Waals surface area contributed by atoms with Crippen LogP contribution in [0.25, 0.3) is 0 Å². The SMILES string of the molecule is Cl.Cl.NCCc1ccc(Oc2ccc(F)c(C(=O)N3CCCC4(CCNC4)C3)c2)cc1. The maximum absolute atomic E-state index is 14.5. The van der Waals surface area contributed by atoms with Crippen LogP contribution in [0.15, 0.2) is 42.5 Å². The molecule has 2 heterocycles. The molecule has 0 aromatic heterocycles. The molecule has 8 heteroatoms. The molecule has 4 rings (SSSR count). The minimum atomic E-state index is -0.509. The Morgan fingerprint density at radius 2 is 1.87 bits per heavy atom. The van der Waals surface area contributed by atoms with E-state index < -0.39 is 5.82 Å². The number of rotatable bonds is 5. The highest BCUT2D eigenvalue weighted by Gasteiger charge is 2.39. The van der Waals surface area contributed by atoms with Crippen molar-refractivity contribution in [1.82, 2.24) is 10.2 Å². The van der Waals surface area contributed by atoms with Crippen molar-refractivity contribution in [2.45, 2.75) is 25.7 Å². The number of piperidine rings is 1. The van der Waals surface area contributed by atoms with E-state index in [1.54, 1.807) is 11.0 Å². The lowest BCUT2D eigenvalue weighted by atomic mass is 9.79.